The van der Waals surface area contributed by atoms with Crippen LogP contribution < -0.4 is 9.64 Å². The number of nitrogens with zero attached hydrogens (tertiary/aromatic N) is 1. The minimum Gasteiger partial charge on any atom is -0.478 e. The van der Waals surface area contributed by atoms with Crippen LogP contribution in [0.15, 0.2) is 18.7 Å². The third-order valence-corrected chi connectivity index (χ3v) is 3.90. The summed E-state index contributed by atoms with van der Waals surface area (Å²) in [6.45, 7) is 11.7. The van der Waals surface area contributed by atoms with E-state index >= 15 is 0 Å². The zero-order valence-corrected chi connectivity index (χ0v) is 12.9. The first-order valence-corrected chi connectivity index (χ1v) is 7.32. The van der Waals surface area contributed by atoms with Crippen molar-refractivity contribution in [2.24, 2.45) is 0 Å². The van der Waals surface area contributed by atoms with E-state index in [1.165, 1.54) is 16.7 Å². The molecular formula is C18H23NO2. The van der Waals surface area contributed by atoms with E-state index in [0.29, 0.717) is 0 Å². The van der Waals surface area contributed by atoms with E-state index in [1.54, 1.807) is 0 Å². The Balaban J connectivity index is 2.49. The molecule has 1 aromatic carbocycles. The standard InChI is InChI=1S/C18H23NO2/c1-5-7-16-15(4)14(3)13-17(18(16)21-10-6-2)19-8-11-20-12-9-19/h2,5,13H,1,7-12H2,3-4H3. The SMILES string of the molecule is C#CCOc1c(N2CCOCC2)cc(C)c(C)c1CC=C. The molecule has 1 aromatic rings. The van der Waals surface area contributed by atoms with Crippen molar-refractivity contribution in [3.63, 3.8) is 0 Å². The number of hydrogen-bond acceptors (Lipinski definition) is 3. The Kier molecular flexibility index (Phi) is 5.30. The number of morpholine rings is 1. The van der Waals surface area contributed by atoms with Crippen molar-refractivity contribution >= 4 is 5.69 Å². The average Bonchev–Trinajstić information content (AvgIpc) is 2.51. The number of anilines is 1. The highest BCUT2D eigenvalue weighted by Gasteiger charge is 2.20. The summed E-state index contributed by atoms with van der Waals surface area (Å²) in [6, 6.07) is 2.19. The second-order valence-corrected chi connectivity index (χ2v) is 5.23. The molecule has 1 aliphatic heterocycles. The van der Waals surface area contributed by atoms with E-state index in [9.17, 15) is 0 Å². The fraction of sp³-hybridized carbons (Fsp3) is 0.444. The fourth-order valence-corrected chi connectivity index (χ4v) is 2.65. The van der Waals surface area contributed by atoms with Gasteiger partial charge in [-0.15, -0.1) is 13.0 Å². The van der Waals surface area contributed by atoms with Crippen molar-refractivity contribution in [3.8, 4) is 18.1 Å². The highest BCUT2D eigenvalue weighted by molar-refractivity contribution is 5.66. The number of rotatable bonds is 5. The molecule has 1 heterocycles. The first-order valence-electron chi connectivity index (χ1n) is 7.32. The van der Waals surface area contributed by atoms with Crippen LogP contribution in [-0.2, 0) is 11.2 Å². The van der Waals surface area contributed by atoms with Gasteiger partial charge in [0.1, 0.15) is 12.4 Å². The minimum absolute atomic E-state index is 0.282. The Bertz CT molecular complexity index is 551. The third-order valence-electron chi connectivity index (χ3n) is 3.90. The first kappa shape index (κ1) is 15.5. The summed E-state index contributed by atoms with van der Waals surface area (Å²) in [6.07, 6.45) is 8.06. The zero-order chi connectivity index (χ0) is 15.2. The third kappa shape index (κ3) is 3.40. The van der Waals surface area contributed by atoms with Crippen LogP contribution in [0.5, 0.6) is 5.75 Å². The van der Waals surface area contributed by atoms with Crippen LogP contribution in [0, 0.1) is 26.2 Å². The molecule has 3 nitrogen and oxygen atoms in total. The number of benzene rings is 1. The van der Waals surface area contributed by atoms with Crippen LogP contribution >= 0.6 is 0 Å². The van der Waals surface area contributed by atoms with Gasteiger partial charge in [0.15, 0.2) is 0 Å². The molecule has 2 rings (SSSR count). The van der Waals surface area contributed by atoms with Gasteiger partial charge in [-0.1, -0.05) is 12.0 Å². The quantitative estimate of drug-likeness (QED) is 0.613. The summed E-state index contributed by atoms with van der Waals surface area (Å²) in [7, 11) is 0. The lowest BCUT2D eigenvalue weighted by atomic mass is 9.97. The van der Waals surface area contributed by atoms with Crippen LogP contribution in [0.2, 0.25) is 0 Å². The van der Waals surface area contributed by atoms with Crippen molar-refractivity contribution in [1.29, 1.82) is 0 Å². The van der Waals surface area contributed by atoms with Gasteiger partial charge < -0.3 is 14.4 Å². The molecule has 0 N–H and O–H groups in total. The molecule has 0 radical (unpaired) electrons. The maximum atomic E-state index is 5.89. The molecule has 0 aliphatic carbocycles. The molecule has 3 heteroatoms. The van der Waals surface area contributed by atoms with Gasteiger partial charge in [-0.2, -0.15) is 0 Å². The van der Waals surface area contributed by atoms with Gasteiger partial charge in [0, 0.05) is 18.7 Å². The molecule has 0 spiro atoms. The van der Waals surface area contributed by atoms with Gasteiger partial charge >= 0.3 is 0 Å². The number of allylic oxidation sites excluding steroid dienone is 1. The molecule has 1 aliphatic rings. The monoisotopic (exact) mass is 285 g/mol. The molecule has 0 saturated carbocycles. The smallest absolute Gasteiger partial charge is 0.148 e. The molecule has 0 bridgehead atoms. The van der Waals surface area contributed by atoms with Gasteiger partial charge in [-0.3, -0.25) is 0 Å². The Hall–Kier alpha value is -1.92. The van der Waals surface area contributed by atoms with E-state index in [2.05, 4.69) is 37.3 Å². The van der Waals surface area contributed by atoms with E-state index in [4.69, 9.17) is 15.9 Å². The van der Waals surface area contributed by atoms with Gasteiger partial charge in [0.25, 0.3) is 0 Å². The van der Waals surface area contributed by atoms with Gasteiger partial charge in [0.2, 0.25) is 0 Å². The summed E-state index contributed by atoms with van der Waals surface area (Å²) in [5.74, 6) is 3.46. The maximum Gasteiger partial charge on any atom is 0.148 e. The summed E-state index contributed by atoms with van der Waals surface area (Å²) in [5, 5.41) is 0. The summed E-state index contributed by atoms with van der Waals surface area (Å²) < 4.78 is 11.3. The van der Waals surface area contributed by atoms with Crippen LogP contribution in [0.1, 0.15) is 16.7 Å². The second-order valence-electron chi connectivity index (χ2n) is 5.23. The Labute approximate surface area is 127 Å². The summed E-state index contributed by atoms with van der Waals surface area (Å²) in [5.41, 5.74) is 4.82. The minimum atomic E-state index is 0.282. The van der Waals surface area contributed by atoms with E-state index in [0.717, 1.165) is 44.2 Å². The topological polar surface area (TPSA) is 21.7 Å². The van der Waals surface area contributed by atoms with Crippen LogP contribution in [-0.4, -0.2) is 32.9 Å². The van der Waals surface area contributed by atoms with Crippen LogP contribution in [0.3, 0.4) is 0 Å². The molecule has 1 saturated heterocycles. The van der Waals surface area contributed by atoms with Crippen LogP contribution in [0.25, 0.3) is 0 Å². The number of aryl methyl sites for hydroxylation is 1. The van der Waals surface area contributed by atoms with Gasteiger partial charge in [-0.05, 0) is 37.5 Å². The lowest BCUT2D eigenvalue weighted by molar-refractivity contribution is 0.122. The van der Waals surface area contributed by atoms with Crippen molar-refractivity contribution in [2.45, 2.75) is 20.3 Å². The normalized spacial score (nSPS) is 14.6. The Morgan fingerprint density at radius 3 is 2.76 bits per heavy atom. The predicted octanol–water partition coefficient (Wildman–Crippen LogP) is 2.88. The highest BCUT2D eigenvalue weighted by atomic mass is 16.5. The maximum absolute atomic E-state index is 5.89. The Morgan fingerprint density at radius 2 is 2.14 bits per heavy atom. The first-order chi connectivity index (χ1) is 10.2. The summed E-state index contributed by atoms with van der Waals surface area (Å²) in [4.78, 5) is 2.31. The Morgan fingerprint density at radius 1 is 1.43 bits per heavy atom. The number of ether oxygens (including phenoxy) is 2. The van der Waals surface area contributed by atoms with E-state index < -0.39 is 0 Å². The lowest BCUT2D eigenvalue weighted by Gasteiger charge is -2.32. The van der Waals surface area contributed by atoms with Crippen LogP contribution in [0.4, 0.5) is 5.69 Å². The van der Waals surface area contributed by atoms with E-state index in [-0.39, 0.29) is 6.61 Å². The van der Waals surface area contributed by atoms with Crippen molar-refractivity contribution in [1.82, 2.24) is 0 Å². The fourth-order valence-electron chi connectivity index (χ4n) is 2.65. The highest BCUT2D eigenvalue weighted by Crippen LogP contribution is 2.37. The number of hydrogen-bond donors (Lipinski definition) is 0. The van der Waals surface area contributed by atoms with Crippen molar-refractivity contribution < 1.29 is 9.47 Å². The molecule has 112 valence electrons. The molecule has 21 heavy (non-hydrogen) atoms. The molecule has 0 aromatic heterocycles. The molecule has 0 amide bonds. The average molecular weight is 285 g/mol. The lowest BCUT2D eigenvalue weighted by Crippen LogP contribution is -2.36. The zero-order valence-electron chi connectivity index (χ0n) is 12.9. The molecule has 1 fully saturated rings. The molecule has 0 atom stereocenters. The molecule has 0 unspecified atom stereocenters. The van der Waals surface area contributed by atoms with Crippen molar-refractivity contribution in [3.05, 3.63) is 35.4 Å². The molecular weight excluding hydrogens is 262 g/mol. The largest absolute Gasteiger partial charge is 0.478 e. The predicted molar refractivity (Wildman–Crippen MR) is 87.2 cm³/mol. The van der Waals surface area contributed by atoms with E-state index in [1.807, 2.05) is 6.08 Å². The van der Waals surface area contributed by atoms with Gasteiger partial charge in [-0.25, -0.2) is 0 Å². The summed E-state index contributed by atoms with van der Waals surface area (Å²) >= 11 is 0. The second kappa shape index (κ2) is 7.19. The van der Waals surface area contributed by atoms with Crippen molar-refractivity contribution in [2.75, 3.05) is 37.8 Å². The number of terminal acetylenes is 1. The van der Waals surface area contributed by atoms with Gasteiger partial charge in [0.05, 0.1) is 18.9 Å².